The largest absolute Gasteiger partial charge is 0.493 e. The molecule has 0 aliphatic rings. The molecule has 2 heterocycles. The number of hydrogen-bond acceptors (Lipinski definition) is 7. The van der Waals surface area contributed by atoms with Gasteiger partial charge in [0.05, 0.1) is 31.3 Å². The molecule has 0 bridgehead atoms. The van der Waals surface area contributed by atoms with Gasteiger partial charge in [-0.25, -0.2) is 9.37 Å². The Morgan fingerprint density at radius 3 is 2.48 bits per heavy atom. The minimum atomic E-state index is -0.380. The molecule has 210 valence electrons. The van der Waals surface area contributed by atoms with E-state index in [9.17, 15) is 9.18 Å². The Balaban J connectivity index is 1.42. The number of methoxy groups -OCH3 is 2. The van der Waals surface area contributed by atoms with Crippen LogP contribution in [0.25, 0.3) is 33.5 Å². The summed E-state index contributed by atoms with van der Waals surface area (Å²) in [7, 11) is 2.96. The first-order valence-corrected chi connectivity index (χ1v) is 13.2. The highest BCUT2D eigenvalue weighted by Crippen LogP contribution is 2.39. The number of rotatable bonds is 8. The summed E-state index contributed by atoms with van der Waals surface area (Å²) >= 11 is 6.16. The van der Waals surface area contributed by atoms with Gasteiger partial charge in [-0.05, 0) is 54.6 Å². The lowest BCUT2D eigenvalue weighted by Gasteiger charge is -2.15. The summed E-state index contributed by atoms with van der Waals surface area (Å²) in [6.07, 6.45) is 1.48. The van der Waals surface area contributed by atoms with Crippen molar-refractivity contribution in [3.8, 4) is 28.8 Å². The van der Waals surface area contributed by atoms with Crippen LogP contribution in [0.4, 0.5) is 4.39 Å². The first kappa shape index (κ1) is 27.0. The van der Waals surface area contributed by atoms with Crippen molar-refractivity contribution in [3.63, 3.8) is 0 Å². The number of furan rings is 1. The molecule has 0 atom stereocenters. The molecule has 8 nitrogen and oxygen atoms in total. The van der Waals surface area contributed by atoms with E-state index < -0.39 is 0 Å². The van der Waals surface area contributed by atoms with Crippen LogP contribution in [-0.2, 0) is 6.61 Å². The Bertz CT molecular complexity index is 2010. The molecule has 6 aromatic rings. The number of fused-ring (bicyclic) bond motifs is 2. The van der Waals surface area contributed by atoms with Gasteiger partial charge < -0.3 is 18.6 Å². The third kappa shape index (κ3) is 5.17. The standard InChI is InChI=1S/C32H23ClFN3O5/c1-39-27-13-19(14-28(40-2)30(27)41-18-20-7-3-5-9-24(20)34)17-35-37-31(36-25-10-6-4-8-23(25)32(37)38)29-16-21-15-22(33)11-12-26(21)42-29/h3-17H,18H2,1-2H3. The van der Waals surface area contributed by atoms with Gasteiger partial charge >= 0.3 is 0 Å². The van der Waals surface area contributed by atoms with Crippen LogP contribution in [0.1, 0.15) is 11.1 Å². The molecule has 0 spiro atoms. The van der Waals surface area contributed by atoms with E-state index in [1.54, 1.807) is 78.9 Å². The van der Waals surface area contributed by atoms with Crippen molar-refractivity contribution in [2.24, 2.45) is 5.10 Å². The Labute approximate surface area is 244 Å². The van der Waals surface area contributed by atoms with E-state index in [1.165, 1.54) is 31.2 Å². The Kier molecular flexibility index (Phi) is 7.33. The average Bonchev–Trinajstić information content (AvgIpc) is 3.43. The van der Waals surface area contributed by atoms with Crippen LogP contribution in [0, 0.1) is 5.82 Å². The highest BCUT2D eigenvalue weighted by atomic mass is 35.5. The monoisotopic (exact) mass is 583 g/mol. The van der Waals surface area contributed by atoms with Crippen LogP contribution < -0.4 is 19.8 Å². The lowest BCUT2D eigenvalue weighted by molar-refractivity contribution is 0.262. The maximum absolute atomic E-state index is 14.1. The van der Waals surface area contributed by atoms with Crippen LogP contribution in [0.2, 0.25) is 5.02 Å². The molecule has 6 rings (SSSR count). The minimum Gasteiger partial charge on any atom is -0.493 e. The van der Waals surface area contributed by atoms with Gasteiger partial charge in [0.2, 0.25) is 11.6 Å². The molecular weight excluding hydrogens is 561 g/mol. The molecule has 2 aromatic heterocycles. The maximum atomic E-state index is 14.1. The van der Waals surface area contributed by atoms with Crippen molar-refractivity contribution in [2.75, 3.05) is 14.2 Å². The predicted octanol–water partition coefficient (Wildman–Crippen LogP) is 7.08. The molecule has 10 heteroatoms. The number of aromatic nitrogens is 2. The second kappa shape index (κ2) is 11.4. The first-order valence-electron chi connectivity index (χ1n) is 12.8. The molecule has 0 aliphatic heterocycles. The molecule has 0 amide bonds. The number of nitrogens with zero attached hydrogens (tertiary/aromatic N) is 3. The molecule has 0 fully saturated rings. The van der Waals surface area contributed by atoms with Crippen LogP contribution in [0.3, 0.4) is 0 Å². The SMILES string of the molecule is COc1cc(C=Nn2c(-c3cc4cc(Cl)ccc4o3)nc3ccccc3c2=O)cc(OC)c1OCc1ccccc1F. The lowest BCUT2D eigenvalue weighted by atomic mass is 10.2. The normalized spacial score (nSPS) is 11.4. The molecule has 0 unspecified atom stereocenters. The van der Waals surface area contributed by atoms with E-state index in [0.29, 0.717) is 55.6 Å². The smallest absolute Gasteiger partial charge is 0.282 e. The zero-order valence-electron chi connectivity index (χ0n) is 22.5. The van der Waals surface area contributed by atoms with Crippen molar-refractivity contribution in [1.82, 2.24) is 9.66 Å². The zero-order valence-corrected chi connectivity index (χ0v) is 23.3. The second-order valence-electron chi connectivity index (χ2n) is 9.24. The summed E-state index contributed by atoms with van der Waals surface area (Å²) < 4.78 is 38.3. The molecule has 42 heavy (non-hydrogen) atoms. The molecule has 4 aromatic carbocycles. The van der Waals surface area contributed by atoms with Crippen LogP contribution in [0.15, 0.2) is 99.2 Å². The first-order chi connectivity index (χ1) is 20.4. The number of benzene rings is 4. The molecule has 0 aliphatic carbocycles. The molecule has 0 saturated heterocycles. The highest BCUT2D eigenvalue weighted by Gasteiger charge is 2.18. The van der Waals surface area contributed by atoms with Crippen LogP contribution >= 0.6 is 11.6 Å². The highest BCUT2D eigenvalue weighted by molar-refractivity contribution is 6.31. The van der Waals surface area contributed by atoms with Crippen molar-refractivity contribution in [2.45, 2.75) is 6.61 Å². The quantitative estimate of drug-likeness (QED) is 0.178. The van der Waals surface area contributed by atoms with Gasteiger partial charge in [0.15, 0.2) is 17.3 Å². The van der Waals surface area contributed by atoms with E-state index >= 15 is 0 Å². The third-order valence-electron chi connectivity index (χ3n) is 6.59. The van der Waals surface area contributed by atoms with Crippen molar-refractivity contribution in [1.29, 1.82) is 0 Å². The zero-order chi connectivity index (χ0) is 29.2. The number of para-hydroxylation sites is 1. The van der Waals surface area contributed by atoms with E-state index in [2.05, 4.69) is 5.10 Å². The number of ether oxygens (including phenoxy) is 3. The summed E-state index contributed by atoms with van der Waals surface area (Å²) in [6.45, 7) is -0.0307. The molecule has 0 N–H and O–H groups in total. The van der Waals surface area contributed by atoms with Gasteiger partial charge in [-0.1, -0.05) is 41.9 Å². The number of halogens is 2. The minimum absolute atomic E-state index is 0.0307. The van der Waals surface area contributed by atoms with Gasteiger partial charge in [0.25, 0.3) is 5.56 Å². The average molecular weight is 584 g/mol. The van der Waals surface area contributed by atoms with E-state index in [4.69, 9.17) is 35.2 Å². The predicted molar refractivity (Wildman–Crippen MR) is 159 cm³/mol. The Morgan fingerprint density at radius 1 is 0.976 bits per heavy atom. The summed E-state index contributed by atoms with van der Waals surface area (Å²) in [5.74, 6) is 1.16. The fourth-order valence-corrected chi connectivity index (χ4v) is 4.70. The van der Waals surface area contributed by atoms with E-state index in [-0.39, 0.29) is 23.8 Å². The Morgan fingerprint density at radius 2 is 1.71 bits per heavy atom. The van der Waals surface area contributed by atoms with Crippen molar-refractivity contribution in [3.05, 3.63) is 117 Å². The number of hydrogen-bond donors (Lipinski definition) is 0. The molecule has 0 radical (unpaired) electrons. The van der Waals surface area contributed by atoms with Crippen LogP contribution in [0.5, 0.6) is 17.2 Å². The van der Waals surface area contributed by atoms with E-state index in [0.717, 1.165) is 5.39 Å². The Hall–Kier alpha value is -5.15. The lowest BCUT2D eigenvalue weighted by Crippen LogP contribution is -2.20. The van der Waals surface area contributed by atoms with Crippen LogP contribution in [-0.4, -0.2) is 30.1 Å². The fourth-order valence-electron chi connectivity index (χ4n) is 4.52. The summed E-state index contributed by atoms with van der Waals surface area (Å²) in [5, 5.41) is 6.21. The van der Waals surface area contributed by atoms with Gasteiger partial charge in [-0.15, -0.1) is 0 Å². The summed E-state index contributed by atoms with van der Waals surface area (Å²) in [4.78, 5) is 18.3. The summed E-state index contributed by atoms with van der Waals surface area (Å²) in [6, 6.07) is 23.7. The summed E-state index contributed by atoms with van der Waals surface area (Å²) in [5.41, 5.74) is 1.64. The van der Waals surface area contributed by atoms with Gasteiger partial charge in [0, 0.05) is 21.5 Å². The topological polar surface area (TPSA) is 88.1 Å². The van der Waals surface area contributed by atoms with Gasteiger partial charge in [-0.2, -0.15) is 9.78 Å². The van der Waals surface area contributed by atoms with Crippen molar-refractivity contribution < 1.29 is 23.0 Å². The van der Waals surface area contributed by atoms with Gasteiger partial charge in [0.1, 0.15) is 18.0 Å². The third-order valence-corrected chi connectivity index (χ3v) is 6.82. The van der Waals surface area contributed by atoms with Gasteiger partial charge in [-0.3, -0.25) is 4.79 Å². The fraction of sp³-hybridized carbons (Fsp3) is 0.0938. The molecular formula is C32H23ClFN3O5. The maximum Gasteiger partial charge on any atom is 0.282 e. The molecule has 0 saturated carbocycles. The van der Waals surface area contributed by atoms with Crippen molar-refractivity contribution >= 4 is 39.7 Å². The van der Waals surface area contributed by atoms with E-state index in [1.807, 2.05) is 0 Å². The second-order valence-corrected chi connectivity index (χ2v) is 9.68.